The first-order chi connectivity index (χ1) is 12.7. The van der Waals surface area contributed by atoms with E-state index in [2.05, 4.69) is 16.0 Å². The number of rotatable bonds is 5. The zero-order chi connectivity index (χ0) is 20.0. The first-order valence-electron chi connectivity index (χ1n) is 7.41. The van der Waals surface area contributed by atoms with Gasteiger partial charge in [0.1, 0.15) is 6.17 Å². The summed E-state index contributed by atoms with van der Waals surface area (Å²) in [4.78, 5) is 22.6. The van der Waals surface area contributed by atoms with Gasteiger partial charge in [-0.3, -0.25) is 14.9 Å². The van der Waals surface area contributed by atoms with Gasteiger partial charge in [0, 0.05) is 23.4 Å². The average Bonchev–Trinajstić information content (AvgIpc) is 2.61. The number of benzene rings is 2. The molecule has 0 fully saturated rings. The fourth-order valence-electron chi connectivity index (χ4n) is 2.00. The van der Waals surface area contributed by atoms with Crippen LogP contribution in [-0.2, 0) is 0 Å². The van der Waals surface area contributed by atoms with Crippen molar-refractivity contribution in [2.75, 3.05) is 5.32 Å². The molecule has 2 aromatic carbocycles. The lowest BCUT2D eigenvalue weighted by Gasteiger charge is -2.27. The third-order valence-corrected chi connectivity index (χ3v) is 4.10. The first-order valence-corrected chi connectivity index (χ1v) is 8.95. The predicted octanol–water partition coefficient (Wildman–Crippen LogP) is 4.01. The van der Waals surface area contributed by atoms with E-state index in [1.807, 2.05) is 0 Å². The molecule has 1 amide bonds. The van der Waals surface area contributed by atoms with E-state index < -0.39 is 20.8 Å². The summed E-state index contributed by atoms with van der Waals surface area (Å²) in [6.45, 7) is 0. The average molecular weight is 448 g/mol. The highest BCUT2D eigenvalue weighted by Crippen LogP contribution is 2.29. The van der Waals surface area contributed by atoms with Gasteiger partial charge >= 0.3 is 0 Å². The molecule has 0 radical (unpaired) electrons. The quantitative estimate of drug-likeness (QED) is 0.211. The Hall–Kier alpha value is -2.13. The minimum absolute atomic E-state index is 0.000171. The molecule has 0 saturated carbocycles. The summed E-state index contributed by atoms with van der Waals surface area (Å²) in [5.74, 6) is -0.474. The van der Waals surface area contributed by atoms with Crippen molar-refractivity contribution >= 4 is 69.4 Å². The maximum absolute atomic E-state index is 12.3. The van der Waals surface area contributed by atoms with Crippen molar-refractivity contribution < 1.29 is 9.72 Å². The summed E-state index contributed by atoms with van der Waals surface area (Å²) in [7, 11) is 0. The van der Waals surface area contributed by atoms with E-state index in [4.69, 9.17) is 47.0 Å². The van der Waals surface area contributed by atoms with Crippen LogP contribution >= 0.6 is 47.0 Å². The highest BCUT2D eigenvalue weighted by molar-refractivity contribution is 7.80. The van der Waals surface area contributed by atoms with Crippen LogP contribution in [0.2, 0.25) is 0 Å². The molecule has 1 unspecified atom stereocenters. The summed E-state index contributed by atoms with van der Waals surface area (Å²) in [5.41, 5.74) is 0.619. The molecule has 3 N–H and O–H groups in total. The Morgan fingerprint density at radius 3 is 2.33 bits per heavy atom. The second kappa shape index (κ2) is 9.18. The van der Waals surface area contributed by atoms with Gasteiger partial charge in [-0.15, -0.1) is 0 Å². The Bertz CT molecular complexity index is 846. The van der Waals surface area contributed by atoms with Crippen LogP contribution in [0.1, 0.15) is 10.4 Å². The Labute approximate surface area is 175 Å². The van der Waals surface area contributed by atoms with Crippen LogP contribution in [0.25, 0.3) is 0 Å². The van der Waals surface area contributed by atoms with E-state index >= 15 is 0 Å². The Morgan fingerprint density at radius 2 is 1.74 bits per heavy atom. The molecule has 11 heteroatoms. The first kappa shape index (κ1) is 21.2. The van der Waals surface area contributed by atoms with Crippen molar-refractivity contribution in [3.63, 3.8) is 0 Å². The van der Waals surface area contributed by atoms with Gasteiger partial charge in [-0.25, -0.2) is 0 Å². The van der Waals surface area contributed by atoms with Gasteiger partial charge in [-0.05, 0) is 30.4 Å². The van der Waals surface area contributed by atoms with Crippen molar-refractivity contribution in [1.29, 1.82) is 0 Å². The van der Waals surface area contributed by atoms with Crippen LogP contribution in [0.15, 0.2) is 54.6 Å². The Balaban J connectivity index is 2.07. The number of hydrogen-bond donors (Lipinski definition) is 3. The van der Waals surface area contributed by atoms with Crippen LogP contribution in [0.5, 0.6) is 0 Å². The van der Waals surface area contributed by atoms with Crippen molar-refractivity contribution in [1.82, 2.24) is 10.6 Å². The lowest BCUT2D eigenvalue weighted by Crippen LogP contribution is -2.56. The van der Waals surface area contributed by atoms with Crippen LogP contribution in [0, 0.1) is 10.1 Å². The highest BCUT2D eigenvalue weighted by Gasteiger charge is 2.34. The lowest BCUT2D eigenvalue weighted by molar-refractivity contribution is -0.384. The van der Waals surface area contributed by atoms with Gasteiger partial charge in [0.25, 0.3) is 11.6 Å². The van der Waals surface area contributed by atoms with E-state index in [-0.39, 0.29) is 10.8 Å². The highest BCUT2D eigenvalue weighted by atomic mass is 35.6. The van der Waals surface area contributed by atoms with Gasteiger partial charge in [0.05, 0.1) is 4.92 Å². The molecule has 0 spiro atoms. The van der Waals surface area contributed by atoms with E-state index in [1.54, 1.807) is 36.4 Å². The monoisotopic (exact) mass is 446 g/mol. The third-order valence-electron chi connectivity index (χ3n) is 3.23. The molecule has 2 rings (SSSR count). The fourth-order valence-corrected chi connectivity index (χ4v) is 2.56. The molecule has 2 aromatic rings. The topological polar surface area (TPSA) is 96.3 Å². The minimum atomic E-state index is -1.92. The summed E-state index contributed by atoms with van der Waals surface area (Å²) in [6.07, 6.45) is -1.16. The number of amides is 1. The number of anilines is 1. The smallest absolute Gasteiger partial charge is 0.271 e. The van der Waals surface area contributed by atoms with Gasteiger partial charge in [-0.2, -0.15) is 0 Å². The Morgan fingerprint density at radius 1 is 1.07 bits per heavy atom. The summed E-state index contributed by atoms with van der Waals surface area (Å²) in [5, 5.41) is 18.8. The molecule has 0 aliphatic rings. The van der Waals surface area contributed by atoms with Crippen molar-refractivity contribution in [3.8, 4) is 0 Å². The lowest BCUT2D eigenvalue weighted by atomic mass is 10.2. The minimum Gasteiger partial charge on any atom is -0.339 e. The molecule has 0 aliphatic carbocycles. The number of hydrogen-bond acceptors (Lipinski definition) is 4. The molecule has 7 nitrogen and oxygen atoms in total. The molecule has 0 aromatic heterocycles. The molecule has 0 heterocycles. The number of nitrogens with one attached hydrogen (secondary N) is 3. The van der Waals surface area contributed by atoms with E-state index in [9.17, 15) is 14.9 Å². The third kappa shape index (κ3) is 6.51. The standard InChI is InChI=1S/C16H13Cl3N4O3S/c17-16(18,19)14(21-13(24)10-5-2-1-3-6-10)22-15(27)20-11-7-4-8-12(9-11)23(25)26/h1-9,14H,(H,21,24)(H2,20,22,27). The number of nitro benzene ring substituents is 1. The molecule has 0 bridgehead atoms. The summed E-state index contributed by atoms with van der Waals surface area (Å²) < 4.78 is -1.92. The second-order valence-electron chi connectivity index (χ2n) is 5.22. The van der Waals surface area contributed by atoms with Crippen LogP contribution in [0.3, 0.4) is 0 Å². The van der Waals surface area contributed by atoms with Crippen molar-refractivity contribution in [3.05, 3.63) is 70.3 Å². The van der Waals surface area contributed by atoms with Gasteiger partial charge in [-0.1, -0.05) is 59.1 Å². The molecule has 27 heavy (non-hydrogen) atoms. The zero-order valence-corrected chi connectivity index (χ0v) is 16.6. The largest absolute Gasteiger partial charge is 0.339 e. The number of nitrogens with zero attached hydrogens (tertiary/aromatic N) is 1. The van der Waals surface area contributed by atoms with E-state index in [0.29, 0.717) is 11.3 Å². The second-order valence-corrected chi connectivity index (χ2v) is 8.00. The molecule has 0 aliphatic heterocycles. The zero-order valence-electron chi connectivity index (χ0n) is 13.5. The van der Waals surface area contributed by atoms with Crippen LogP contribution < -0.4 is 16.0 Å². The number of halogens is 3. The van der Waals surface area contributed by atoms with Crippen LogP contribution in [-0.4, -0.2) is 25.9 Å². The molecule has 0 saturated heterocycles. The maximum Gasteiger partial charge on any atom is 0.271 e. The van der Waals surface area contributed by atoms with E-state index in [1.165, 1.54) is 18.2 Å². The van der Waals surface area contributed by atoms with Gasteiger partial charge in [0.2, 0.25) is 3.79 Å². The predicted molar refractivity (Wildman–Crippen MR) is 110 cm³/mol. The number of alkyl halides is 3. The van der Waals surface area contributed by atoms with Gasteiger partial charge in [0.15, 0.2) is 5.11 Å². The van der Waals surface area contributed by atoms with Gasteiger partial charge < -0.3 is 16.0 Å². The summed E-state index contributed by atoms with van der Waals surface area (Å²) in [6, 6.07) is 14.1. The Kier molecular flexibility index (Phi) is 7.20. The molecular weight excluding hydrogens is 435 g/mol. The molecule has 142 valence electrons. The van der Waals surface area contributed by atoms with Crippen molar-refractivity contribution in [2.45, 2.75) is 9.96 Å². The van der Waals surface area contributed by atoms with Crippen molar-refractivity contribution in [2.24, 2.45) is 0 Å². The summed E-state index contributed by atoms with van der Waals surface area (Å²) >= 11 is 22.9. The number of non-ortho nitro benzene ring substituents is 1. The molecular formula is C16H13Cl3N4O3S. The maximum atomic E-state index is 12.3. The van der Waals surface area contributed by atoms with Crippen LogP contribution in [0.4, 0.5) is 11.4 Å². The fraction of sp³-hybridized carbons (Fsp3) is 0.125. The number of carbonyl (C=O) groups excluding carboxylic acids is 1. The van der Waals surface area contributed by atoms with E-state index in [0.717, 1.165) is 0 Å². The SMILES string of the molecule is O=C(NC(NC(=S)Nc1cccc([N+](=O)[O-])c1)C(Cl)(Cl)Cl)c1ccccc1. The number of nitro groups is 1. The number of thiocarbonyl (C=S) groups is 1. The number of carbonyl (C=O) groups is 1. The molecule has 1 atom stereocenters. The normalized spacial score (nSPS) is 12.0.